The van der Waals surface area contributed by atoms with Gasteiger partial charge in [-0.25, -0.2) is 0 Å². The van der Waals surface area contributed by atoms with Gasteiger partial charge in [0, 0.05) is 12.5 Å². The minimum atomic E-state index is 0.120. The molecular weight excluding hydrogens is 130 g/mol. The molecule has 0 aromatic carbocycles. The van der Waals surface area contributed by atoms with Gasteiger partial charge in [-0.1, -0.05) is 13.8 Å². The van der Waals surface area contributed by atoms with E-state index in [0.29, 0.717) is 0 Å². The molecule has 1 amide bonds. The lowest BCUT2D eigenvalue weighted by molar-refractivity contribution is -0.123. The predicted molar refractivity (Wildman–Crippen MR) is 40.6 cm³/mol. The Hall–Kier alpha value is -0.860. The smallest absolute Gasteiger partial charge is 0.222 e. The zero-order valence-electron chi connectivity index (χ0n) is 6.81. The number of hydrogen-bond acceptors (Lipinski definition) is 2. The molecule has 0 saturated carbocycles. The summed E-state index contributed by atoms with van der Waals surface area (Å²) in [6.45, 7) is 8.41. The number of amides is 1. The SMILES string of the molecule is C=O.CCNC(=O)C(C)C. The summed E-state index contributed by atoms with van der Waals surface area (Å²) in [6.07, 6.45) is 0. The summed E-state index contributed by atoms with van der Waals surface area (Å²) in [6, 6.07) is 0. The highest BCUT2D eigenvalue weighted by atomic mass is 16.1. The number of rotatable bonds is 2. The molecule has 1 N–H and O–H groups in total. The molecule has 0 aromatic rings. The van der Waals surface area contributed by atoms with Crippen molar-refractivity contribution in [3.8, 4) is 0 Å². The molecule has 0 heterocycles. The van der Waals surface area contributed by atoms with Gasteiger partial charge in [0.2, 0.25) is 5.91 Å². The molecule has 0 bridgehead atoms. The molecule has 0 radical (unpaired) electrons. The molecule has 3 nitrogen and oxygen atoms in total. The van der Waals surface area contributed by atoms with E-state index in [2.05, 4.69) is 5.32 Å². The van der Waals surface area contributed by atoms with Crippen molar-refractivity contribution in [1.82, 2.24) is 5.32 Å². The Labute approximate surface area is 61.8 Å². The summed E-state index contributed by atoms with van der Waals surface area (Å²) in [4.78, 5) is 18.6. The molecule has 0 unspecified atom stereocenters. The van der Waals surface area contributed by atoms with Crippen LogP contribution in [0.4, 0.5) is 0 Å². The van der Waals surface area contributed by atoms with Gasteiger partial charge < -0.3 is 10.1 Å². The quantitative estimate of drug-likeness (QED) is 0.618. The highest BCUT2D eigenvalue weighted by Gasteiger charge is 2.02. The van der Waals surface area contributed by atoms with Crippen LogP contribution in [0.5, 0.6) is 0 Å². The molecule has 0 atom stereocenters. The standard InChI is InChI=1S/C6H13NO.CH2O/c1-4-7-6(8)5(2)3;1-2/h5H,4H2,1-3H3,(H,7,8);1H2. The summed E-state index contributed by atoms with van der Waals surface area (Å²) in [7, 11) is 0. The van der Waals surface area contributed by atoms with Crippen molar-refractivity contribution in [2.75, 3.05) is 6.54 Å². The number of carbonyl (C=O) groups is 2. The topological polar surface area (TPSA) is 46.2 Å². The van der Waals surface area contributed by atoms with Crippen molar-refractivity contribution in [2.24, 2.45) is 5.92 Å². The Morgan fingerprint density at radius 2 is 1.90 bits per heavy atom. The van der Waals surface area contributed by atoms with Crippen LogP contribution < -0.4 is 5.32 Å². The van der Waals surface area contributed by atoms with E-state index >= 15 is 0 Å². The average molecular weight is 145 g/mol. The summed E-state index contributed by atoms with van der Waals surface area (Å²) >= 11 is 0. The van der Waals surface area contributed by atoms with E-state index < -0.39 is 0 Å². The molecule has 0 rings (SSSR count). The van der Waals surface area contributed by atoms with E-state index in [9.17, 15) is 4.79 Å². The maximum absolute atomic E-state index is 10.6. The fourth-order valence-corrected chi connectivity index (χ4v) is 0.378. The Balaban J connectivity index is 0. The fourth-order valence-electron chi connectivity index (χ4n) is 0.378. The lowest BCUT2D eigenvalue weighted by atomic mass is 10.2. The third kappa shape index (κ3) is 7.14. The van der Waals surface area contributed by atoms with Crippen molar-refractivity contribution in [2.45, 2.75) is 20.8 Å². The van der Waals surface area contributed by atoms with Gasteiger partial charge in [0.25, 0.3) is 0 Å². The van der Waals surface area contributed by atoms with Gasteiger partial charge in [-0.3, -0.25) is 4.79 Å². The first kappa shape index (κ1) is 11.9. The van der Waals surface area contributed by atoms with Crippen LogP contribution in [-0.4, -0.2) is 19.2 Å². The van der Waals surface area contributed by atoms with Crippen molar-refractivity contribution in [3.63, 3.8) is 0 Å². The van der Waals surface area contributed by atoms with Crippen LogP contribution >= 0.6 is 0 Å². The van der Waals surface area contributed by atoms with E-state index in [-0.39, 0.29) is 11.8 Å². The van der Waals surface area contributed by atoms with Gasteiger partial charge in [0.1, 0.15) is 6.79 Å². The Morgan fingerprint density at radius 1 is 1.50 bits per heavy atom. The monoisotopic (exact) mass is 145 g/mol. The molecule has 3 heteroatoms. The van der Waals surface area contributed by atoms with E-state index in [1.807, 2.05) is 27.6 Å². The second-order valence-electron chi connectivity index (χ2n) is 2.05. The Morgan fingerprint density at radius 3 is 2.00 bits per heavy atom. The van der Waals surface area contributed by atoms with Gasteiger partial charge in [-0.15, -0.1) is 0 Å². The van der Waals surface area contributed by atoms with Crippen LogP contribution in [0.3, 0.4) is 0 Å². The molecule has 0 spiro atoms. The average Bonchev–Trinajstić information content (AvgIpc) is 1.93. The Kier molecular flexibility index (Phi) is 9.67. The Bertz CT molecular complexity index is 91.6. The van der Waals surface area contributed by atoms with Gasteiger partial charge >= 0.3 is 0 Å². The zero-order chi connectivity index (χ0) is 8.57. The largest absolute Gasteiger partial charge is 0.356 e. The zero-order valence-corrected chi connectivity index (χ0v) is 6.81. The summed E-state index contributed by atoms with van der Waals surface area (Å²) in [5.74, 6) is 0.252. The maximum Gasteiger partial charge on any atom is 0.222 e. The third-order valence-electron chi connectivity index (χ3n) is 0.875. The van der Waals surface area contributed by atoms with Gasteiger partial charge in [0.15, 0.2) is 0 Å². The highest BCUT2D eigenvalue weighted by Crippen LogP contribution is 1.88. The van der Waals surface area contributed by atoms with Crippen LogP contribution in [0.15, 0.2) is 0 Å². The van der Waals surface area contributed by atoms with Crippen LogP contribution in [0, 0.1) is 5.92 Å². The molecule has 0 aliphatic carbocycles. The first-order chi connectivity index (χ1) is 4.68. The van der Waals surface area contributed by atoms with Crippen LogP contribution in [0.1, 0.15) is 20.8 Å². The lowest BCUT2D eigenvalue weighted by Gasteiger charge is -2.02. The predicted octanol–water partition coefficient (Wildman–Crippen LogP) is 0.594. The first-order valence-corrected chi connectivity index (χ1v) is 3.25. The van der Waals surface area contributed by atoms with Crippen LogP contribution in [-0.2, 0) is 9.59 Å². The third-order valence-corrected chi connectivity index (χ3v) is 0.875. The van der Waals surface area contributed by atoms with Crippen molar-refractivity contribution >= 4 is 12.7 Å². The fraction of sp³-hybridized carbons (Fsp3) is 0.714. The van der Waals surface area contributed by atoms with Gasteiger partial charge in [-0.2, -0.15) is 0 Å². The maximum atomic E-state index is 10.6. The highest BCUT2D eigenvalue weighted by molar-refractivity contribution is 5.77. The molecule has 0 aliphatic rings. The van der Waals surface area contributed by atoms with E-state index in [0.717, 1.165) is 6.54 Å². The molecule has 0 saturated heterocycles. The second-order valence-corrected chi connectivity index (χ2v) is 2.05. The minimum absolute atomic E-state index is 0.120. The van der Waals surface area contributed by atoms with E-state index in [1.165, 1.54) is 0 Å². The van der Waals surface area contributed by atoms with Gasteiger partial charge in [-0.05, 0) is 6.92 Å². The molecule has 0 aromatic heterocycles. The number of hydrogen-bond donors (Lipinski definition) is 1. The second kappa shape index (κ2) is 8.14. The summed E-state index contributed by atoms with van der Waals surface area (Å²) < 4.78 is 0. The summed E-state index contributed by atoms with van der Waals surface area (Å²) in [5.41, 5.74) is 0. The minimum Gasteiger partial charge on any atom is -0.356 e. The van der Waals surface area contributed by atoms with Gasteiger partial charge in [0.05, 0.1) is 0 Å². The number of nitrogens with one attached hydrogen (secondary N) is 1. The van der Waals surface area contributed by atoms with Crippen LogP contribution in [0.2, 0.25) is 0 Å². The number of carbonyl (C=O) groups excluding carboxylic acids is 2. The summed E-state index contributed by atoms with van der Waals surface area (Å²) in [5, 5.41) is 2.71. The van der Waals surface area contributed by atoms with Crippen molar-refractivity contribution in [1.29, 1.82) is 0 Å². The van der Waals surface area contributed by atoms with Crippen molar-refractivity contribution < 1.29 is 9.59 Å². The first-order valence-electron chi connectivity index (χ1n) is 3.25. The van der Waals surface area contributed by atoms with Crippen LogP contribution in [0.25, 0.3) is 0 Å². The normalized spacial score (nSPS) is 8.00. The molecule has 0 aliphatic heterocycles. The molecule has 10 heavy (non-hydrogen) atoms. The van der Waals surface area contributed by atoms with E-state index in [4.69, 9.17) is 4.79 Å². The van der Waals surface area contributed by atoms with E-state index in [1.54, 1.807) is 0 Å². The van der Waals surface area contributed by atoms with Crippen molar-refractivity contribution in [3.05, 3.63) is 0 Å². The molecule has 0 fully saturated rings. The molecular formula is C7H15NO2. The molecule has 60 valence electrons. The lowest BCUT2D eigenvalue weighted by Crippen LogP contribution is -2.26.